The van der Waals surface area contributed by atoms with Crippen LogP contribution in [-0.4, -0.2) is 30.4 Å². The van der Waals surface area contributed by atoms with Crippen molar-refractivity contribution in [3.63, 3.8) is 0 Å². The van der Waals surface area contributed by atoms with Crippen molar-refractivity contribution in [2.45, 2.75) is 23.9 Å². The Morgan fingerprint density at radius 1 is 1.05 bits per heavy atom. The van der Waals surface area contributed by atoms with Crippen LogP contribution in [0.2, 0.25) is 0 Å². The number of phenolic OH excluding ortho intramolecular Hbond substituents is 2. The van der Waals surface area contributed by atoms with E-state index >= 15 is 0 Å². The first-order chi connectivity index (χ1) is 10.6. The minimum atomic E-state index is 0.128. The van der Waals surface area contributed by atoms with Gasteiger partial charge in [0, 0.05) is 0 Å². The van der Waals surface area contributed by atoms with Crippen LogP contribution >= 0.6 is 11.8 Å². The number of tetrazole rings is 1. The van der Waals surface area contributed by atoms with Gasteiger partial charge in [-0.15, -0.1) is 5.10 Å². The molecule has 0 spiro atoms. The highest BCUT2D eigenvalue weighted by atomic mass is 32.2. The molecule has 0 bridgehead atoms. The van der Waals surface area contributed by atoms with Crippen LogP contribution < -0.4 is 0 Å². The number of phenols is 2. The zero-order chi connectivity index (χ0) is 15.7. The molecule has 0 radical (unpaired) electrons. The van der Waals surface area contributed by atoms with Crippen LogP contribution in [0.5, 0.6) is 11.5 Å². The highest BCUT2D eigenvalue weighted by Gasteiger charge is 2.16. The Balaban J connectivity index is 2.01. The number of hydrogen-bond donors (Lipinski definition) is 2. The van der Waals surface area contributed by atoms with E-state index in [9.17, 15) is 10.2 Å². The molecule has 0 fully saturated rings. The molecule has 2 aromatic carbocycles. The molecule has 0 aliphatic rings. The van der Waals surface area contributed by atoms with E-state index in [1.165, 1.54) is 17.8 Å². The van der Waals surface area contributed by atoms with Crippen LogP contribution in [0.4, 0.5) is 0 Å². The van der Waals surface area contributed by atoms with Crippen molar-refractivity contribution in [3.05, 3.63) is 47.5 Å². The first kappa shape index (κ1) is 14.4. The molecule has 2 N–H and O–H groups in total. The number of para-hydroxylation sites is 1. The van der Waals surface area contributed by atoms with Crippen molar-refractivity contribution >= 4 is 11.8 Å². The maximum atomic E-state index is 10.3. The summed E-state index contributed by atoms with van der Waals surface area (Å²) in [4.78, 5) is 0.507. The molecule has 6 nitrogen and oxygen atoms in total. The first-order valence-electron chi connectivity index (χ1n) is 6.61. The van der Waals surface area contributed by atoms with Gasteiger partial charge >= 0.3 is 0 Å². The fourth-order valence-corrected chi connectivity index (χ4v) is 2.93. The van der Waals surface area contributed by atoms with Crippen molar-refractivity contribution < 1.29 is 10.2 Å². The van der Waals surface area contributed by atoms with Gasteiger partial charge < -0.3 is 10.2 Å². The zero-order valence-corrected chi connectivity index (χ0v) is 12.9. The molecule has 0 atom stereocenters. The fourth-order valence-electron chi connectivity index (χ4n) is 2.01. The van der Waals surface area contributed by atoms with E-state index in [2.05, 4.69) is 15.5 Å². The average molecular weight is 314 g/mol. The number of aromatic nitrogens is 4. The van der Waals surface area contributed by atoms with Crippen molar-refractivity contribution in [3.8, 4) is 17.2 Å². The van der Waals surface area contributed by atoms with Crippen molar-refractivity contribution in [1.29, 1.82) is 0 Å². The molecule has 7 heteroatoms. The lowest BCUT2D eigenvalue weighted by atomic mass is 10.1. The predicted octanol–water partition coefficient (Wildman–Crippen LogP) is 2.84. The molecule has 112 valence electrons. The van der Waals surface area contributed by atoms with Crippen molar-refractivity contribution in [1.82, 2.24) is 20.2 Å². The normalized spacial score (nSPS) is 10.8. The van der Waals surface area contributed by atoms with Gasteiger partial charge in [-0.05, 0) is 65.4 Å². The highest BCUT2D eigenvalue weighted by molar-refractivity contribution is 7.99. The van der Waals surface area contributed by atoms with E-state index in [-0.39, 0.29) is 11.5 Å². The predicted molar refractivity (Wildman–Crippen MR) is 82.5 cm³/mol. The Morgan fingerprint density at radius 2 is 1.77 bits per heavy atom. The Morgan fingerprint density at radius 3 is 2.50 bits per heavy atom. The van der Waals surface area contributed by atoms with Crippen LogP contribution in [0.3, 0.4) is 0 Å². The van der Waals surface area contributed by atoms with Gasteiger partial charge in [0.2, 0.25) is 5.16 Å². The van der Waals surface area contributed by atoms with Gasteiger partial charge in [-0.25, -0.2) is 0 Å². The third-order valence-electron chi connectivity index (χ3n) is 3.45. The Hall–Kier alpha value is -2.54. The molecule has 0 saturated heterocycles. The van der Waals surface area contributed by atoms with Gasteiger partial charge in [0.1, 0.15) is 11.5 Å². The summed E-state index contributed by atoms with van der Waals surface area (Å²) in [5.74, 6) is 0.263. The second-order valence-electron chi connectivity index (χ2n) is 4.80. The summed E-state index contributed by atoms with van der Waals surface area (Å²) in [6, 6.07) is 11.0. The van der Waals surface area contributed by atoms with Crippen LogP contribution in [-0.2, 0) is 0 Å². The molecule has 3 rings (SSSR count). The summed E-state index contributed by atoms with van der Waals surface area (Å²) in [5.41, 5.74) is 2.12. The van der Waals surface area contributed by atoms with E-state index in [0.29, 0.717) is 21.2 Å². The molecule has 1 heterocycles. The monoisotopic (exact) mass is 314 g/mol. The topological polar surface area (TPSA) is 84.1 Å². The molecule has 0 unspecified atom stereocenters. The quantitative estimate of drug-likeness (QED) is 0.723. The average Bonchev–Trinajstić information content (AvgIpc) is 2.99. The van der Waals surface area contributed by atoms with Gasteiger partial charge in [0.05, 0.1) is 10.6 Å². The second kappa shape index (κ2) is 5.69. The summed E-state index contributed by atoms with van der Waals surface area (Å²) in [7, 11) is 0. The fraction of sp³-hybridized carbons (Fsp3) is 0.133. The third-order valence-corrected chi connectivity index (χ3v) is 4.41. The lowest BCUT2D eigenvalue weighted by molar-refractivity contribution is 0.441. The molecule has 1 aromatic heterocycles. The number of aromatic hydroxyl groups is 2. The van der Waals surface area contributed by atoms with E-state index in [0.717, 1.165) is 5.69 Å². The molecule has 0 aliphatic heterocycles. The minimum Gasteiger partial charge on any atom is -0.508 e. The smallest absolute Gasteiger partial charge is 0.219 e. The third kappa shape index (κ3) is 2.50. The standard InChI is InChI=1S/C15H14N4O2S/c1-9-10(2)14(21)13(8-12(9)20)22-15-16-17-18-19(15)11-6-4-3-5-7-11/h3-8,20-21H,1-2H3. The lowest BCUT2D eigenvalue weighted by Gasteiger charge is -2.11. The minimum absolute atomic E-state index is 0.128. The van der Waals surface area contributed by atoms with E-state index in [1.54, 1.807) is 18.5 Å². The molecule has 0 amide bonds. The van der Waals surface area contributed by atoms with Gasteiger partial charge in [-0.1, -0.05) is 18.2 Å². The molecule has 0 saturated carbocycles. The Kier molecular flexibility index (Phi) is 3.72. The number of hydrogen-bond acceptors (Lipinski definition) is 6. The summed E-state index contributed by atoms with van der Waals surface area (Å²) in [6.07, 6.45) is 0. The number of nitrogens with zero attached hydrogens (tertiary/aromatic N) is 4. The maximum Gasteiger partial charge on any atom is 0.219 e. The summed E-state index contributed by atoms with van der Waals surface area (Å²) >= 11 is 1.20. The molecular weight excluding hydrogens is 300 g/mol. The number of rotatable bonds is 3. The van der Waals surface area contributed by atoms with E-state index in [1.807, 2.05) is 30.3 Å². The summed E-state index contributed by atoms with van der Waals surface area (Å²) < 4.78 is 1.58. The molecule has 0 aliphatic carbocycles. The van der Waals surface area contributed by atoms with Crippen molar-refractivity contribution in [2.75, 3.05) is 0 Å². The summed E-state index contributed by atoms with van der Waals surface area (Å²) in [5, 5.41) is 32.3. The van der Waals surface area contributed by atoms with E-state index < -0.39 is 0 Å². The largest absolute Gasteiger partial charge is 0.508 e. The van der Waals surface area contributed by atoms with Crippen LogP contribution in [0.1, 0.15) is 11.1 Å². The number of benzene rings is 2. The van der Waals surface area contributed by atoms with Crippen LogP contribution in [0.25, 0.3) is 5.69 Å². The van der Waals surface area contributed by atoms with Crippen LogP contribution in [0, 0.1) is 13.8 Å². The van der Waals surface area contributed by atoms with Crippen LogP contribution in [0.15, 0.2) is 46.5 Å². The zero-order valence-electron chi connectivity index (χ0n) is 12.1. The second-order valence-corrected chi connectivity index (χ2v) is 5.81. The Labute approximate surface area is 131 Å². The van der Waals surface area contributed by atoms with E-state index in [4.69, 9.17) is 0 Å². The Bertz CT molecular complexity index is 818. The lowest BCUT2D eigenvalue weighted by Crippen LogP contribution is -1.98. The highest BCUT2D eigenvalue weighted by Crippen LogP contribution is 2.40. The summed E-state index contributed by atoms with van der Waals surface area (Å²) in [6.45, 7) is 3.52. The van der Waals surface area contributed by atoms with Gasteiger partial charge in [0.15, 0.2) is 0 Å². The maximum absolute atomic E-state index is 10.3. The van der Waals surface area contributed by atoms with Gasteiger partial charge in [-0.3, -0.25) is 0 Å². The SMILES string of the molecule is Cc1c(O)cc(Sc2nnnn2-c2ccccc2)c(O)c1C. The first-order valence-corrected chi connectivity index (χ1v) is 7.43. The van der Waals surface area contributed by atoms with Gasteiger partial charge in [-0.2, -0.15) is 4.68 Å². The van der Waals surface area contributed by atoms with Gasteiger partial charge in [0.25, 0.3) is 0 Å². The molecule has 3 aromatic rings. The molecule has 22 heavy (non-hydrogen) atoms. The van der Waals surface area contributed by atoms with Crippen molar-refractivity contribution in [2.24, 2.45) is 0 Å². The molecular formula is C15H14N4O2S.